The average Bonchev–Trinajstić information content (AvgIpc) is 2.82. The van der Waals surface area contributed by atoms with Crippen molar-refractivity contribution in [3.8, 4) is 5.75 Å². The Morgan fingerprint density at radius 1 is 1.00 bits per heavy atom. The van der Waals surface area contributed by atoms with Gasteiger partial charge in [-0.2, -0.15) is 10.6 Å². The molecule has 0 spiro atoms. The Bertz CT molecular complexity index is 906. The zero-order valence-corrected chi connectivity index (χ0v) is 20.6. The van der Waals surface area contributed by atoms with Crippen LogP contribution in [0.2, 0.25) is 0 Å². The lowest BCUT2D eigenvalue weighted by molar-refractivity contribution is 0.0119. The lowest BCUT2D eigenvalue weighted by Gasteiger charge is -2.44. The van der Waals surface area contributed by atoms with Gasteiger partial charge >= 0.3 is 0 Å². The zero-order chi connectivity index (χ0) is 23.5. The summed E-state index contributed by atoms with van der Waals surface area (Å²) in [5, 5.41) is 22.3. The van der Waals surface area contributed by atoms with Crippen molar-refractivity contribution in [3.05, 3.63) is 53.6 Å². The van der Waals surface area contributed by atoms with Gasteiger partial charge in [0.1, 0.15) is 5.75 Å². The molecule has 0 aliphatic carbocycles. The summed E-state index contributed by atoms with van der Waals surface area (Å²) in [6.07, 6.45) is 4.48. The van der Waals surface area contributed by atoms with Gasteiger partial charge in [0.25, 0.3) is 0 Å². The summed E-state index contributed by atoms with van der Waals surface area (Å²) >= 11 is 0. The van der Waals surface area contributed by atoms with E-state index in [4.69, 9.17) is 0 Å². The van der Waals surface area contributed by atoms with E-state index in [1.165, 1.54) is 0 Å². The Morgan fingerprint density at radius 2 is 1.66 bits per heavy atom. The monoisotopic (exact) mass is 461 g/mol. The second-order valence-electron chi connectivity index (χ2n) is 9.51. The van der Waals surface area contributed by atoms with Crippen LogP contribution in [0.25, 0.3) is 0 Å². The molecule has 2 atom stereocenters. The van der Waals surface area contributed by atoms with E-state index in [9.17, 15) is 19.3 Å². The third-order valence-corrected chi connectivity index (χ3v) is 8.97. The summed E-state index contributed by atoms with van der Waals surface area (Å²) in [4.78, 5) is 2.50. The zero-order valence-electron chi connectivity index (χ0n) is 19.8. The van der Waals surface area contributed by atoms with Gasteiger partial charge in [0.2, 0.25) is 0 Å². The molecule has 0 radical (unpaired) electrons. The van der Waals surface area contributed by atoms with Crippen molar-refractivity contribution in [2.24, 2.45) is 5.41 Å². The number of nitrogens with zero attached hydrogens (tertiary/aromatic N) is 1. The van der Waals surface area contributed by atoms with Gasteiger partial charge in [0.05, 0.1) is 16.8 Å². The molecule has 1 aliphatic rings. The van der Waals surface area contributed by atoms with Crippen LogP contribution < -0.4 is 4.90 Å². The van der Waals surface area contributed by atoms with Gasteiger partial charge in [-0.3, -0.25) is 9.11 Å². The standard InChI is InChI=1S/C26H39NO4S/c1-5-7-14-26(15-8-6-2)18-32(30,31)23-13-12-20(27(3)4)17-22(23)24(25(26)29)19-10-9-11-21(28)16-19/h9-13,16-17,24-25,28-31H,5-8,14-15,18H2,1-4H3/t24-,25?/m0/s1. The maximum absolute atomic E-state index is 12.1. The molecule has 1 heterocycles. The third kappa shape index (κ3) is 4.93. The first-order valence-corrected chi connectivity index (χ1v) is 13.4. The van der Waals surface area contributed by atoms with Crippen molar-refractivity contribution in [1.82, 2.24) is 0 Å². The smallest absolute Gasteiger partial charge is 0.115 e. The highest BCUT2D eigenvalue weighted by atomic mass is 32.3. The molecule has 1 aliphatic heterocycles. The molecule has 0 saturated heterocycles. The van der Waals surface area contributed by atoms with Crippen LogP contribution in [0.4, 0.5) is 5.69 Å². The molecule has 0 bridgehead atoms. The fourth-order valence-electron chi connectivity index (χ4n) is 5.15. The van der Waals surface area contributed by atoms with E-state index in [1.807, 2.05) is 43.3 Å². The summed E-state index contributed by atoms with van der Waals surface area (Å²) in [6.45, 7) is 4.25. The van der Waals surface area contributed by atoms with Crippen molar-refractivity contribution in [1.29, 1.82) is 0 Å². The lowest BCUT2D eigenvalue weighted by atomic mass is 9.68. The van der Waals surface area contributed by atoms with Crippen molar-refractivity contribution >= 4 is 16.3 Å². The molecule has 0 aromatic heterocycles. The topological polar surface area (TPSA) is 84.2 Å². The normalized spacial score (nSPS) is 22.6. The summed E-state index contributed by atoms with van der Waals surface area (Å²) in [7, 11) is 0.780. The van der Waals surface area contributed by atoms with E-state index in [-0.39, 0.29) is 11.5 Å². The van der Waals surface area contributed by atoms with Crippen LogP contribution in [-0.4, -0.2) is 45.3 Å². The first kappa shape index (κ1) is 24.9. The molecule has 4 N–H and O–H groups in total. The van der Waals surface area contributed by atoms with Gasteiger partial charge in [-0.15, -0.1) is 0 Å². The lowest BCUT2D eigenvalue weighted by Crippen LogP contribution is -2.42. The molecule has 2 aromatic rings. The summed E-state index contributed by atoms with van der Waals surface area (Å²) in [5.74, 6) is -0.145. The van der Waals surface area contributed by atoms with E-state index < -0.39 is 28.0 Å². The minimum absolute atomic E-state index is 0.142. The van der Waals surface area contributed by atoms with E-state index in [2.05, 4.69) is 13.8 Å². The maximum Gasteiger partial charge on any atom is 0.115 e. The van der Waals surface area contributed by atoms with Crippen LogP contribution in [0.1, 0.15) is 69.4 Å². The molecular weight excluding hydrogens is 422 g/mol. The van der Waals surface area contributed by atoms with Gasteiger partial charge in [-0.1, -0.05) is 51.7 Å². The number of phenols is 1. The number of rotatable bonds is 8. The van der Waals surface area contributed by atoms with Gasteiger partial charge in [0, 0.05) is 31.1 Å². The minimum Gasteiger partial charge on any atom is -0.508 e. The molecule has 2 aromatic carbocycles. The first-order valence-electron chi connectivity index (χ1n) is 11.7. The summed E-state index contributed by atoms with van der Waals surface area (Å²) in [6, 6.07) is 12.7. The first-order chi connectivity index (χ1) is 15.1. The van der Waals surface area contributed by atoms with Crippen LogP contribution in [0, 0.1) is 5.41 Å². The van der Waals surface area contributed by atoms with Crippen LogP contribution in [-0.2, 0) is 0 Å². The number of aliphatic hydroxyl groups excluding tert-OH is 1. The van der Waals surface area contributed by atoms with Gasteiger partial charge in [-0.05, 0) is 54.3 Å². The molecule has 1 unspecified atom stereocenters. The predicted octanol–water partition coefficient (Wildman–Crippen LogP) is 6.44. The average molecular weight is 462 g/mol. The minimum atomic E-state index is -3.11. The van der Waals surface area contributed by atoms with Gasteiger partial charge < -0.3 is 15.1 Å². The second kappa shape index (κ2) is 10.0. The van der Waals surface area contributed by atoms with Crippen molar-refractivity contribution in [3.63, 3.8) is 0 Å². The fraction of sp³-hybridized carbons (Fsp3) is 0.538. The third-order valence-electron chi connectivity index (χ3n) is 6.91. The summed E-state index contributed by atoms with van der Waals surface area (Å²) in [5.41, 5.74) is 1.86. The largest absolute Gasteiger partial charge is 0.508 e. The molecule has 0 amide bonds. The van der Waals surface area contributed by atoms with Gasteiger partial charge in [0.15, 0.2) is 0 Å². The number of anilines is 1. The molecule has 0 saturated carbocycles. The Morgan fingerprint density at radius 3 is 2.22 bits per heavy atom. The van der Waals surface area contributed by atoms with Crippen molar-refractivity contribution in [2.45, 2.75) is 69.3 Å². The quantitative estimate of drug-likeness (QED) is 0.363. The highest BCUT2D eigenvalue weighted by Crippen LogP contribution is 2.62. The Hall–Kier alpha value is -1.73. The highest BCUT2D eigenvalue weighted by molar-refractivity contribution is 8.24. The van der Waals surface area contributed by atoms with E-state index in [0.29, 0.717) is 4.90 Å². The molecule has 32 heavy (non-hydrogen) atoms. The number of unbranched alkanes of at least 4 members (excludes halogenated alkanes) is 2. The molecule has 178 valence electrons. The number of benzene rings is 2. The van der Waals surface area contributed by atoms with Gasteiger partial charge in [-0.25, -0.2) is 0 Å². The van der Waals surface area contributed by atoms with Crippen LogP contribution >= 0.6 is 10.6 Å². The van der Waals surface area contributed by atoms with Crippen LogP contribution in [0.15, 0.2) is 47.4 Å². The molecular formula is C26H39NO4S. The van der Waals surface area contributed by atoms with Crippen LogP contribution in [0.3, 0.4) is 0 Å². The summed E-state index contributed by atoms with van der Waals surface area (Å²) < 4.78 is 22.9. The number of aliphatic hydroxyl groups is 1. The van der Waals surface area contributed by atoms with Crippen molar-refractivity contribution < 1.29 is 19.3 Å². The Kier molecular flexibility index (Phi) is 7.81. The number of phenolic OH excluding ortho intramolecular Hbond substituents is 1. The van der Waals surface area contributed by atoms with Crippen molar-refractivity contribution in [2.75, 3.05) is 24.7 Å². The molecule has 6 heteroatoms. The molecule has 0 fully saturated rings. The van der Waals surface area contributed by atoms with E-state index >= 15 is 0 Å². The Balaban J connectivity index is 2.28. The maximum atomic E-state index is 12.1. The molecule has 3 rings (SSSR count). The number of aromatic hydroxyl groups is 1. The predicted molar refractivity (Wildman–Crippen MR) is 134 cm³/mol. The Labute approximate surface area is 194 Å². The number of fused-ring (bicyclic) bond motifs is 1. The van der Waals surface area contributed by atoms with E-state index in [1.54, 1.807) is 18.2 Å². The molecule has 5 nitrogen and oxygen atoms in total. The van der Waals surface area contributed by atoms with E-state index in [0.717, 1.165) is 55.3 Å². The second-order valence-corrected chi connectivity index (χ2v) is 11.6. The SMILES string of the molecule is CCCCC1(CCCC)CS(O)(O)c2ccc(N(C)C)cc2[C@H](c2cccc(O)c2)C1O. The number of hydrogen-bond acceptors (Lipinski definition) is 5. The fourth-order valence-corrected chi connectivity index (χ4v) is 7.41. The highest BCUT2D eigenvalue weighted by Gasteiger charge is 2.49. The van der Waals surface area contributed by atoms with Crippen LogP contribution in [0.5, 0.6) is 5.75 Å². The number of hydrogen-bond donors (Lipinski definition) is 4.